The second-order valence-corrected chi connectivity index (χ2v) is 7.38. The quantitative estimate of drug-likeness (QED) is 0.219. The number of nitrogens with one attached hydrogen (secondary N) is 1. The normalized spacial score (nSPS) is 11.4. The number of anilines is 1. The van der Waals surface area contributed by atoms with Gasteiger partial charge in [-0.2, -0.15) is 0 Å². The maximum Gasteiger partial charge on any atom is 0.261 e. The van der Waals surface area contributed by atoms with Gasteiger partial charge < -0.3 is 9.73 Å². The summed E-state index contributed by atoms with van der Waals surface area (Å²) < 4.78 is 73.2. The highest BCUT2D eigenvalue weighted by Gasteiger charge is 2.29. The van der Waals surface area contributed by atoms with Crippen LogP contribution in [0.4, 0.5) is 27.6 Å². The Morgan fingerprint density at radius 2 is 1.47 bits per heavy atom. The van der Waals surface area contributed by atoms with Gasteiger partial charge in [-0.15, -0.1) is 0 Å². The third-order valence-corrected chi connectivity index (χ3v) is 4.90. The summed E-state index contributed by atoms with van der Waals surface area (Å²) in [6.07, 6.45) is 0. The first-order chi connectivity index (χ1) is 15.2. The molecule has 0 unspecified atom stereocenters. The lowest BCUT2D eigenvalue weighted by Crippen LogP contribution is -2.19. The molecule has 32 heavy (non-hydrogen) atoms. The van der Waals surface area contributed by atoms with E-state index >= 15 is 0 Å². The maximum absolute atomic E-state index is 13.8. The number of rotatable bonds is 4. The molecule has 9 heteroatoms. The molecule has 0 fully saturated rings. The number of hydrogen-bond acceptors (Lipinski definition) is 3. The van der Waals surface area contributed by atoms with Crippen LogP contribution in [0, 0.1) is 29.1 Å². The summed E-state index contributed by atoms with van der Waals surface area (Å²) in [5, 5.41) is 2.11. The van der Waals surface area contributed by atoms with Crippen molar-refractivity contribution in [1.29, 1.82) is 0 Å². The highest BCUT2D eigenvalue weighted by atomic mass is 19.2. The number of aromatic nitrogens is 1. The number of benzene rings is 3. The van der Waals surface area contributed by atoms with Crippen molar-refractivity contribution in [2.75, 3.05) is 5.32 Å². The second-order valence-electron chi connectivity index (χ2n) is 7.38. The van der Waals surface area contributed by atoms with E-state index < -0.39 is 40.6 Å². The van der Waals surface area contributed by atoms with Crippen molar-refractivity contribution in [3.8, 4) is 11.5 Å². The molecule has 0 bridgehead atoms. The Kier molecular flexibility index (Phi) is 5.41. The van der Waals surface area contributed by atoms with E-state index in [2.05, 4.69) is 24.1 Å². The van der Waals surface area contributed by atoms with Crippen molar-refractivity contribution >= 4 is 22.7 Å². The van der Waals surface area contributed by atoms with Gasteiger partial charge >= 0.3 is 0 Å². The van der Waals surface area contributed by atoms with Gasteiger partial charge in [0.25, 0.3) is 5.91 Å². The van der Waals surface area contributed by atoms with Gasteiger partial charge in [0, 0.05) is 11.3 Å². The van der Waals surface area contributed by atoms with Crippen LogP contribution < -0.4 is 5.32 Å². The predicted octanol–water partition coefficient (Wildman–Crippen LogP) is 6.57. The molecular weight excluding hydrogens is 431 g/mol. The van der Waals surface area contributed by atoms with E-state index in [-0.39, 0.29) is 5.69 Å². The topological polar surface area (TPSA) is 55.1 Å². The summed E-state index contributed by atoms with van der Waals surface area (Å²) in [7, 11) is 0. The van der Waals surface area contributed by atoms with Gasteiger partial charge in [-0.25, -0.2) is 26.9 Å². The third-order valence-electron chi connectivity index (χ3n) is 4.90. The molecule has 0 atom stereocenters. The lowest BCUT2D eigenvalue weighted by molar-refractivity contribution is 0.101. The fourth-order valence-corrected chi connectivity index (χ4v) is 3.12. The lowest BCUT2D eigenvalue weighted by atomic mass is 10.0. The Balaban J connectivity index is 1.59. The van der Waals surface area contributed by atoms with Crippen molar-refractivity contribution in [3.63, 3.8) is 0 Å². The van der Waals surface area contributed by atoms with Crippen LogP contribution in [0.15, 0.2) is 46.9 Å². The van der Waals surface area contributed by atoms with Crippen LogP contribution in [-0.4, -0.2) is 10.9 Å². The first-order valence-electron chi connectivity index (χ1n) is 9.51. The Labute approximate surface area is 178 Å². The Morgan fingerprint density at radius 3 is 2.06 bits per heavy atom. The highest BCUT2D eigenvalue weighted by Crippen LogP contribution is 2.28. The SMILES string of the molecule is CC(C)c1ccc2oc(-c3ccc(NC(=O)c4c(F)c(F)c(F)c(F)c4F)cc3)nc2c1. The predicted molar refractivity (Wildman–Crippen MR) is 108 cm³/mol. The molecule has 4 nitrogen and oxygen atoms in total. The van der Waals surface area contributed by atoms with Crippen molar-refractivity contribution in [2.45, 2.75) is 19.8 Å². The van der Waals surface area contributed by atoms with Crippen molar-refractivity contribution in [2.24, 2.45) is 0 Å². The number of nitrogens with zero attached hydrogens (tertiary/aromatic N) is 1. The van der Waals surface area contributed by atoms with E-state index in [9.17, 15) is 26.7 Å². The summed E-state index contributed by atoms with van der Waals surface area (Å²) in [5.74, 6) is -12.0. The number of oxazole rings is 1. The molecule has 0 aliphatic heterocycles. The summed E-state index contributed by atoms with van der Waals surface area (Å²) in [6.45, 7) is 4.11. The maximum atomic E-state index is 13.8. The van der Waals surface area contributed by atoms with E-state index in [0.29, 0.717) is 28.5 Å². The van der Waals surface area contributed by atoms with Crippen molar-refractivity contribution in [3.05, 3.63) is 82.7 Å². The molecule has 164 valence electrons. The average molecular weight is 446 g/mol. The molecule has 1 heterocycles. The second kappa shape index (κ2) is 8.07. The molecule has 4 aromatic rings. The van der Waals surface area contributed by atoms with E-state index in [0.717, 1.165) is 5.56 Å². The van der Waals surface area contributed by atoms with Gasteiger partial charge in [-0.05, 0) is 47.9 Å². The largest absolute Gasteiger partial charge is 0.436 e. The zero-order chi connectivity index (χ0) is 23.2. The summed E-state index contributed by atoms with van der Waals surface area (Å²) >= 11 is 0. The molecule has 1 N–H and O–H groups in total. The van der Waals surface area contributed by atoms with Gasteiger partial charge in [-0.1, -0.05) is 19.9 Å². The molecule has 0 saturated carbocycles. The van der Waals surface area contributed by atoms with Crippen molar-refractivity contribution < 1.29 is 31.2 Å². The van der Waals surface area contributed by atoms with Crippen molar-refractivity contribution in [1.82, 2.24) is 4.98 Å². The van der Waals surface area contributed by atoms with Crippen LogP contribution in [0.1, 0.15) is 35.7 Å². The molecule has 0 aliphatic rings. The summed E-state index contributed by atoms with van der Waals surface area (Å²) in [6, 6.07) is 11.5. The summed E-state index contributed by atoms with van der Waals surface area (Å²) in [5.41, 5.74) is 1.43. The molecule has 0 saturated heterocycles. The number of hydrogen-bond donors (Lipinski definition) is 1. The van der Waals surface area contributed by atoms with Gasteiger partial charge in [0.15, 0.2) is 28.9 Å². The molecule has 1 aromatic heterocycles. The molecule has 0 aliphatic carbocycles. The zero-order valence-corrected chi connectivity index (χ0v) is 16.8. The summed E-state index contributed by atoms with van der Waals surface area (Å²) in [4.78, 5) is 16.6. The number of amides is 1. The minimum absolute atomic E-state index is 0.0703. The van der Waals surface area contributed by atoms with E-state index in [1.54, 1.807) is 0 Å². The number of carbonyl (C=O) groups is 1. The number of halogens is 5. The Hall–Kier alpha value is -3.75. The van der Waals surface area contributed by atoms with Crippen LogP contribution in [0.2, 0.25) is 0 Å². The standard InChI is InChI=1S/C23H15F5N2O2/c1-10(2)12-5-8-15-14(9-12)30-23(32-15)11-3-6-13(7-4-11)29-22(31)16-17(24)19(26)21(28)20(27)18(16)25/h3-10H,1-2H3,(H,29,31). The first kappa shape index (κ1) is 21.5. The van der Waals surface area contributed by atoms with E-state index in [1.165, 1.54) is 24.3 Å². The average Bonchev–Trinajstić information content (AvgIpc) is 3.20. The van der Waals surface area contributed by atoms with Gasteiger partial charge in [0.2, 0.25) is 11.7 Å². The van der Waals surface area contributed by atoms with Crippen LogP contribution >= 0.6 is 0 Å². The Morgan fingerprint density at radius 1 is 0.875 bits per heavy atom. The molecular formula is C23H15F5N2O2. The smallest absolute Gasteiger partial charge is 0.261 e. The van der Waals surface area contributed by atoms with Gasteiger partial charge in [-0.3, -0.25) is 4.79 Å². The zero-order valence-electron chi connectivity index (χ0n) is 16.8. The highest BCUT2D eigenvalue weighted by molar-refractivity contribution is 6.04. The lowest BCUT2D eigenvalue weighted by Gasteiger charge is -2.09. The molecule has 3 aromatic carbocycles. The van der Waals surface area contributed by atoms with Crippen LogP contribution in [0.3, 0.4) is 0 Å². The number of carbonyl (C=O) groups excluding carboxylic acids is 1. The number of fused-ring (bicyclic) bond motifs is 1. The van der Waals surface area contributed by atoms with Crippen LogP contribution in [-0.2, 0) is 0 Å². The van der Waals surface area contributed by atoms with E-state index in [4.69, 9.17) is 4.42 Å². The van der Waals surface area contributed by atoms with Gasteiger partial charge in [0.1, 0.15) is 11.1 Å². The minimum Gasteiger partial charge on any atom is -0.436 e. The molecule has 0 radical (unpaired) electrons. The van der Waals surface area contributed by atoms with Crippen LogP contribution in [0.25, 0.3) is 22.6 Å². The molecule has 4 rings (SSSR count). The Bertz CT molecular complexity index is 1320. The monoisotopic (exact) mass is 446 g/mol. The van der Waals surface area contributed by atoms with Gasteiger partial charge in [0.05, 0.1) is 0 Å². The van der Waals surface area contributed by atoms with Crippen LogP contribution in [0.5, 0.6) is 0 Å². The molecule has 0 spiro atoms. The third kappa shape index (κ3) is 3.70. The first-order valence-corrected chi connectivity index (χ1v) is 9.51. The van der Waals surface area contributed by atoms with E-state index in [1.807, 2.05) is 18.2 Å². The fraction of sp³-hybridized carbons (Fsp3) is 0.130. The minimum atomic E-state index is -2.33. The fourth-order valence-electron chi connectivity index (χ4n) is 3.12. The molecule has 1 amide bonds.